The molecule has 6 heteroatoms. The number of nitrogens with one attached hydrogen (secondary N) is 1. The molecule has 0 fully saturated rings. The maximum absolute atomic E-state index is 12.3. The number of nitrogens with zero attached hydrogens (tertiary/aromatic N) is 2. The fourth-order valence-electron chi connectivity index (χ4n) is 3.11. The number of ketones is 1. The summed E-state index contributed by atoms with van der Waals surface area (Å²) in [6.45, 7) is 7.83. The Morgan fingerprint density at radius 2 is 1.83 bits per heavy atom. The number of hydrogen-bond acceptors (Lipinski definition) is 4. The van der Waals surface area contributed by atoms with Crippen LogP contribution < -0.4 is 5.69 Å². The van der Waals surface area contributed by atoms with Gasteiger partial charge in [0, 0.05) is 23.0 Å². The molecule has 0 aliphatic rings. The molecule has 3 rings (SSSR count). The van der Waals surface area contributed by atoms with Crippen LogP contribution in [-0.2, 0) is 17.6 Å². The van der Waals surface area contributed by atoms with E-state index >= 15 is 0 Å². The summed E-state index contributed by atoms with van der Waals surface area (Å²) in [5.41, 5.74) is 2.65. The van der Waals surface area contributed by atoms with Crippen molar-refractivity contribution in [2.24, 2.45) is 5.41 Å². The SMILES string of the molecule is CCc1cccc(-c2nc(-c3cc(CCC(=O)C(C)(C)C)ccc3Cl)[nH]c(=O)n2)c1. The zero-order chi connectivity index (χ0) is 21.9. The molecule has 1 heterocycles. The number of benzene rings is 2. The fourth-order valence-corrected chi connectivity index (χ4v) is 3.32. The van der Waals surface area contributed by atoms with E-state index in [0.29, 0.717) is 35.1 Å². The van der Waals surface area contributed by atoms with Gasteiger partial charge in [-0.2, -0.15) is 4.98 Å². The quantitative estimate of drug-likeness (QED) is 0.586. The van der Waals surface area contributed by atoms with Gasteiger partial charge in [0.15, 0.2) is 5.82 Å². The molecule has 0 saturated heterocycles. The zero-order valence-electron chi connectivity index (χ0n) is 17.8. The molecular weight excluding hydrogens is 398 g/mol. The Morgan fingerprint density at radius 1 is 1.07 bits per heavy atom. The first-order valence-electron chi connectivity index (χ1n) is 10.1. The topological polar surface area (TPSA) is 75.7 Å². The number of aromatic amines is 1. The van der Waals surface area contributed by atoms with Crippen molar-refractivity contribution >= 4 is 17.4 Å². The van der Waals surface area contributed by atoms with Gasteiger partial charge in [0.1, 0.15) is 11.6 Å². The Morgan fingerprint density at radius 3 is 2.53 bits per heavy atom. The molecule has 1 aromatic heterocycles. The number of hydrogen-bond donors (Lipinski definition) is 1. The van der Waals surface area contributed by atoms with Crippen molar-refractivity contribution < 1.29 is 4.79 Å². The maximum atomic E-state index is 12.3. The van der Waals surface area contributed by atoms with Gasteiger partial charge in [-0.05, 0) is 42.2 Å². The van der Waals surface area contributed by atoms with Crippen LogP contribution >= 0.6 is 11.6 Å². The molecule has 0 bridgehead atoms. The van der Waals surface area contributed by atoms with Crippen molar-refractivity contribution in [1.29, 1.82) is 0 Å². The molecule has 0 spiro atoms. The van der Waals surface area contributed by atoms with Crippen LogP contribution in [0.1, 0.15) is 45.2 Å². The number of Topliss-reactive ketones (excluding diaryl/α,β-unsaturated/α-hetero) is 1. The monoisotopic (exact) mass is 423 g/mol. The normalized spacial score (nSPS) is 11.5. The first kappa shape index (κ1) is 21.9. The number of aryl methyl sites for hydroxylation is 2. The lowest BCUT2D eigenvalue weighted by Crippen LogP contribution is -2.20. The Kier molecular flexibility index (Phi) is 6.52. The van der Waals surface area contributed by atoms with Gasteiger partial charge in [-0.25, -0.2) is 9.78 Å². The van der Waals surface area contributed by atoms with Crippen molar-refractivity contribution in [3.8, 4) is 22.8 Å². The van der Waals surface area contributed by atoms with Gasteiger partial charge >= 0.3 is 5.69 Å². The predicted octanol–water partition coefficient (Wildman–Crippen LogP) is 5.26. The van der Waals surface area contributed by atoms with E-state index in [1.54, 1.807) is 6.07 Å². The molecule has 0 unspecified atom stereocenters. The van der Waals surface area contributed by atoms with Crippen molar-refractivity contribution in [1.82, 2.24) is 15.0 Å². The summed E-state index contributed by atoms with van der Waals surface area (Å²) in [7, 11) is 0. The third kappa shape index (κ3) is 5.22. The Labute approximate surface area is 181 Å². The van der Waals surface area contributed by atoms with Crippen molar-refractivity contribution in [3.05, 3.63) is 69.1 Å². The highest BCUT2D eigenvalue weighted by Gasteiger charge is 2.20. The van der Waals surface area contributed by atoms with Crippen LogP contribution in [0.2, 0.25) is 5.02 Å². The third-order valence-corrected chi connectivity index (χ3v) is 5.34. The van der Waals surface area contributed by atoms with Crippen LogP contribution in [0.4, 0.5) is 0 Å². The Bertz CT molecular complexity index is 1130. The smallest absolute Gasteiger partial charge is 0.299 e. The first-order valence-corrected chi connectivity index (χ1v) is 10.4. The number of carbonyl (C=O) groups is 1. The van der Waals surface area contributed by atoms with Gasteiger partial charge in [-0.15, -0.1) is 0 Å². The minimum absolute atomic E-state index is 0.201. The fraction of sp³-hybridized carbons (Fsp3) is 0.333. The van der Waals surface area contributed by atoms with E-state index in [9.17, 15) is 9.59 Å². The molecule has 156 valence electrons. The van der Waals surface area contributed by atoms with E-state index in [0.717, 1.165) is 23.1 Å². The minimum Gasteiger partial charge on any atom is -0.299 e. The summed E-state index contributed by atoms with van der Waals surface area (Å²) >= 11 is 6.42. The summed E-state index contributed by atoms with van der Waals surface area (Å²) < 4.78 is 0. The Balaban J connectivity index is 1.96. The molecule has 0 aliphatic carbocycles. The number of halogens is 1. The predicted molar refractivity (Wildman–Crippen MR) is 121 cm³/mol. The average molecular weight is 424 g/mol. The van der Waals surface area contributed by atoms with Gasteiger partial charge in [-0.3, -0.25) is 9.78 Å². The molecule has 0 saturated carbocycles. The van der Waals surface area contributed by atoms with Crippen LogP contribution in [0, 0.1) is 5.41 Å². The lowest BCUT2D eigenvalue weighted by molar-refractivity contribution is -0.126. The highest BCUT2D eigenvalue weighted by molar-refractivity contribution is 6.33. The molecule has 2 aromatic carbocycles. The lowest BCUT2D eigenvalue weighted by atomic mass is 9.87. The van der Waals surface area contributed by atoms with Crippen LogP contribution in [0.5, 0.6) is 0 Å². The molecule has 0 radical (unpaired) electrons. The van der Waals surface area contributed by atoms with Gasteiger partial charge < -0.3 is 0 Å². The van der Waals surface area contributed by atoms with Crippen LogP contribution in [0.15, 0.2) is 47.3 Å². The van der Waals surface area contributed by atoms with Crippen LogP contribution in [-0.4, -0.2) is 20.7 Å². The molecule has 3 aromatic rings. The molecule has 1 N–H and O–H groups in total. The Hall–Kier alpha value is -2.79. The zero-order valence-corrected chi connectivity index (χ0v) is 18.5. The van der Waals surface area contributed by atoms with Crippen molar-refractivity contribution in [3.63, 3.8) is 0 Å². The molecule has 0 aliphatic heterocycles. The number of carbonyl (C=O) groups excluding carboxylic acids is 1. The van der Waals surface area contributed by atoms with Gasteiger partial charge in [0.25, 0.3) is 0 Å². The van der Waals surface area contributed by atoms with E-state index in [-0.39, 0.29) is 11.2 Å². The van der Waals surface area contributed by atoms with E-state index in [2.05, 4.69) is 21.9 Å². The molecular formula is C24H26ClN3O2. The molecule has 5 nitrogen and oxygen atoms in total. The second kappa shape index (κ2) is 8.92. The van der Waals surface area contributed by atoms with Crippen molar-refractivity contribution in [2.75, 3.05) is 0 Å². The second-order valence-corrected chi connectivity index (χ2v) is 8.77. The highest BCUT2D eigenvalue weighted by atomic mass is 35.5. The van der Waals surface area contributed by atoms with Crippen LogP contribution in [0.3, 0.4) is 0 Å². The van der Waals surface area contributed by atoms with E-state index in [1.165, 1.54) is 0 Å². The number of H-pyrrole nitrogens is 1. The summed E-state index contributed by atoms with van der Waals surface area (Å²) in [4.78, 5) is 35.8. The maximum Gasteiger partial charge on any atom is 0.348 e. The second-order valence-electron chi connectivity index (χ2n) is 8.37. The van der Waals surface area contributed by atoms with E-state index < -0.39 is 5.69 Å². The summed E-state index contributed by atoms with van der Waals surface area (Å²) in [6, 6.07) is 13.4. The molecule has 0 amide bonds. The summed E-state index contributed by atoms with van der Waals surface area (Å²) in [5, 5.41) is 0.475. The van der Waals surface area contributed by atoms with Gasteiger partial charge in [0.2, 0.25) is 0 Å². The molecule has 30 heavy (non-hydrogen) atoms. The largest absolute Gasteiger partial charge is 0.348 e. The van der Waals surface area contributed by atoms with E-state index in [4.69, 9.17) is 11.6 Å². The van der Waals surface area contributed by atoms with E-state index in [1.807, 2.05) is 57.2 Å². The highest BCUT2D eigenvalue weighted by Crippen LogP contribution is 2.28. The minimum atomic E-state index is -0.485. The van der Waals surface area contributed by atoms with Crippen LogP contribution in [0.25, 0.3) is 22.8 Å². The van der Waals surface area contributed by atoms with Gasteiger partial charge in [-0.1, -0.05) is 63.6 Å². The lowest BCUT2D eigenvalue weighted by Gasteiger charge is -2.16. The van der Waals surface area contributed by atoms with Crippen molar-refractivity contribution in [2.45, 2.75) is 47.0 Å². The number of aromatic nitrogens is 3. The number of rotatable bonds is 6. The first-order chi connectivity index (χ1) is 14.2. The summed E-state index contributed by atoms with van der Waals surface area (Å²) in [5.74, 6) is 0.918. The standard InChI is InChI=1S/C24H26ClN3O2/c1-5-15-7-6-8-17(13-15)21-26-22(28-23(30)27-21)18-14-16(9-11-19(18)25)10-12-20(29)24(2,3)4/h6-9,11,13-14H,5,10,12H2,1-4H3,(H,26,27,28,30). The third-order valence-electron chi connectivity index (χ3n) is 5.01. The summed E-state index contributed by atoms with van der Waals surface area (Å²) in [6.07, 6.45) is 1.92. The molecule has 0 atom stereocenters. The van der Waals surface area contributed by atoms with Gasteiger partial charge in [0.05, 0.1) is 5.02 Å². The average Bonchev–Trinajstić information content (AvgIpc) is 2.71.